The largest absolute Gasteiger partial charge is 0.493 e. The van der Waals surface area contributed by atoms with Gasteiger partial charge in [0, 0.05) is 18.2 Å². The zero-order valence-electron chi connectivity index (χ0n) is 14.9. The molecule has 1 aromatic heterocycles. The molecule has 2 rings (SSSR count). The van der Waals surface area contributed by atoms with Crippen LogP contribution >= 0.6 is 0 Å². The molecule has 1 heterocycles. The van der Waals surface area contributed by atoms with Crippen LogP contribution in [0.25, 0.3) is 0 Å². The van der Waals surface area contributed by atoms with Crippen molar-refractivity contribution in [3.8, 4) is 17.2 Å². The van der Waals surface area contributed by atoms with Gasteiger partial charge in [-0.05, 0) is 24.6 Å². The van der Waals surface area contributed by atoms with E-state index in [4.69, 9.17) is 25.7 Å². The second-order valence-corrected chi connectivity index (χ2v) is 4.58. The highest BCUT2D eigenvalue weighted by molar-refractivity contribution is 5.55. The van der Waals surface area contributed by atoms with E-state index in [1.165, 1.54) is 0 Å². The quantitative estimate of drug-likeness (QED) is 0.836. The van der Waals surface area contributed by atoms with Crippen LogP contribution in [0.4, 0.5) is 11.8 Å². The van der Waals surface area contributed by atoms with Crippen LogP contribution in [-0.4, -0.2) is 30.8 Å². The lowest BCUT2D eigenvalue weighted by Gasteiger charge is -2.15. The number of nitrogen functional groups attached to an aromatic ring is 2. The molecule has 0 fully saturated rings. The number of nitrogens with zero attached hydrogens (tertiary/aromatic N) is 2. The van der Waals surface area contributed by atoms with E-state index < -0.39 is 0 Å². The van der Waals surface area contributed by atoms with E-state index >= 15 is 0 Å². The first-order chi connectivity index (χ1) is 11.6. The van der Waals surface area contributed by atoms with Gasteiger partial charge < -0.3 is 25.7 Å². The molecule has 0 radical (unpaired) electrons. The lowest BCUT2D eigenvalue weighted by atomic mass is 10.1. The lowest BCUT2D eigenvalue weighted by molar-refractivity contribution is 0.288. The summed E-state index contributed by atoms with van der Waals surface area (Å²) in [6.45, 7) is 6.42. The van der Waals surface area contributed by atoms with Gasteiger partial charge in [-0.15, -0.1) is 0 Å². The Hall–Kier alpha value is -2.70. The summed E-state index contributed by atoms with van der Waals surface area (Å²) in [5.41, 5.74) is 13.1. The minimum absolute atomic E-state index is 0.156. The third kappa shape index (κ3) is 4.65. The van der Waals surface area contributed by atoms with Crippen LogP contribution in [0.5, 0.6) is 17.2 Å². The first-order valence-electron chi connectivity index (χ1n) is 7.83. The van der Waals surface area contributed by atoms with Gasteiger partial charge in [-0.1, -0.05) is 13.8 Å². The molecule has 0 saturated heterocycles. The molecule has 0 aliphatic carbocycles. The maximum Gasteiger partial charge on any atom is 0.221 e. The average molecular weight is 334 g/mol. The van der Waals surface area contributed by atoms with Gasteiger partial charge in [0.1, 0.15) is 5.82 Å². The van der Waals surface area contributed by atoms with Gasteiger partial charge in [0.05, 0.1) is 20.8 Å². The normalized spacial score (nSPS) is 9.71. The molecule has 0 atom stereocenters. The molecule has 7 nitrogen and oxygen atoms in total. The average Bonchev–Trinajstić information content (AvgIpc) is 2.60. The summed E-state index contributed by atoms with van der Waals surface area (Å²) in [6, 6.07) is 3.76. The van der Waals surface area contributed by atoms with Crippen molar-refractivity contribution in [2.75, 3.05) is 32.3 Å². The monoisotopic (exact) mass is 334 g/mol. The molecule has 7 heteroatoms. The molecule has 1 aromatic carbocycles. The van der Waals surface area contributed by atoms with Gasteiger partial charge in [-0.3, -0.25) is 0 Å². The zero-order valence-corrected chi connectivity index (χ0v) is 14.9. The van der Waals surface area contributed by atoms with Gasteiger partial charge in [-0.2, -0.15) is 4.98 Å². The fraction of sp³-hybridized carbons (Fsp3) is 0.412. The van der Waals surface area contributed by atoms with Crippen LogP contribution in [-0.2, 0) is 6.42 Å². The number of hydrogen-bond donors (Lipinski definition) is 2. The van der Waals surface area contributed by atoms with E-state index in [0.717, 1.165) is 11.1 Å². The molecule has 0 spiro atoms. The summed E-state index contributed by atoms with van der Waals surface area (Å²) in [6.07, 6.45) is 2.15. The Kier molecular flexibility index (Phi) is 7.61. The number of aromatic nitrogens is 2. The standard InChI is InChI=1S/C15H20N4O3.C2H6/c1-4-22-13-11(20-2)6-9(7-12(13)21-3)5-10-8-18-15(17)19-14(10)16;1-2/h6-8H,4-5H2,1-3H3,(H4,16,17,18,19);1-2H3. The summed E-state index contributed by atoms with van der Waals surface area (Å²) in [5, 5.41) is 0. The highest BCUT2D eigenvalue weighted by atomic mass is 16.5. The summed E-state index contributed by atoms with van der Waals surface area (Å²) in [4.78, 5) is 7.93. The van der Waals surface area contributed by atoms with Crippen molar-refractivity contribution in [1.29, 1.82) is 0 Å². The van der Waals surface area contributed by atoms with E-state index in [2.05, 4.69) is 9.97 Å². The van der Waals surface area contributed by atoms with Crippen molar-refractivity contribution in [3.05, 3.63) is 29.5 Å². The Labute approximate surface area is 143 Å². The van der Waals surface area contributed by atoms with E-state index in [1.54, 1.807) is 20.4 Å². The third-order valence-corrected chi connectivity index (χ3v) is 3.12. The number of methoxy groups -OCH3 is 2. The van der Waals surface area contributed by atoms with Crippen LogP contribution in [0.2, 0.25) is 0 Å². The third-order valence-electron chi connectivity index (χ3n) is 3.12. The Morgan fingerprint density at radius 2 is 1.62 bits per heavy atom. The van der Waals surface area contributed by atoms with Gasteiger partial charge in [0.25, 0.3) is 0 Å². The lowest BCUT2D eigenvalue weighted by Crippen LogP contribution is -2.05. The molecule has 132 valence electrons. The first-order valence-corrected chi connectivity index (χ1v) is 7.83. The Morgan fingerprint density at radius 3 is 2.08 bits per heavy atom. The van der Waals surface area contributed by atoms with Gasteiger partial charge >= 0.3 is 0 Å². The van der Waals surface area contributed by atoms with Crippen LogP contribution in [0.3, 0.4) is 0 Å². The van der Waals surface area contributed by atoms with Crippen LogP contribution in [0, 0.1) is 0 Å². The van der Waals surface area contributed by atoms with E-state index in [0.29, 0.717) is 36.1 Å². The molecule has 4 N–H and O–H groups in total. The SMILES string of the molecule is CC.CCOc1c(OC)cc(Cc2cnc(N)nc2N)cc1OC. The minimum atomic E-state index is 0.156. The van der Waals surface area contributed by atoms with Crippen molar-refractivity contribution < 1.29 is 14.2 Å². The number of hydrogen-bond acceptors (Lipinski definition) is 7. The Morgan fingerprint density at radius 1 is 1.04 bits per heavy atom. The summed E-state index contributed by atoms with van der Waals surface area (Å²) in [5.74, 6) is 2.30. The number of nitrogens with two attached hydrogens (primary N) is 2. The van der Waals surface area contributed by atoms with Crippen LogP contribution in [0.1, 0.15) is 31.9 Å². The molecule has 0 unspecified atom stereocenters. The highest BCUT2D eigenvalue weighted by Crippen LogP contribution is 2.39. The highest BCUT2D eigenvalue weighted by Gasteiger charge is 2.15. The number of ether oxygens (including phenoxy) is 3. The van der Waals surface area contributed by atoms with Gasteiger partial charge in [-0.25, -0.2) is 4.98 Å². The van der Waals surface area contributed by atoms with Crippen molar-refractivity contribution >= 4 is 11.8 Å². The maximum atomic E-state index is 5.87. The van der Waals surface area contributed by atoms with E-state index in [1.807, 2.05) is 32.9 Å². The van der Waals surface area contributed by atoms with Crippen molar-refractivity contribution in [2.24, 2.45) is 0 Å². The molecular weight excluding hydrogens is 308 g/mol. The molecule has 24 heavy (non-hydrogen) atoms. The molecule has 2 aromatic rings. The summed E-state index contributed by atoms with van der Waals surface area (Å²) in [7, 11) is 3.17. The molecule has 0 amide bonds. The fourth-order valence-corrected chi connectivity index (χ4v) is 2.11. The first kappa shape index (κ1) is 19.3. The zero-order chi connectivity index (χ0) is 18.1. The smallest absolute Gasteiger partial charge is 0.221 e. The number of benzene rings is 1. The molecule has 0 aliphatic heterocycles. The van der Waals surface area contributed by atoms with E-state index in [9.17, 15) is 0 Å². The number of anilines is 2. The Balaban J connectivity index is 0.00000139. The van der Waals surface area contributed by atoms with Gasteiger partial charge in [0.15, 0.2) is 11.5 Å². The molecule has 0 aliphatic rings. The predicted molar refractivity (Wildman–Crippen MR) is 95.7 cm³/mol. The van der Waals surface area contributed by atoms with Crippen LogP contribution in [0.15, 0.2) is 18.3 Å². The summed E-state index contributed by atoms with van der Waals surface area (Å²) >= 11 is 0. The van der Waals surface area contributed by atoms with Crippen LogP contribution < -0.4 is 25.7 Å². The maximum absolute atomic E-state index is 5.87. The molecule has 0 bridgehead atoms. The van der Waals surface area contributed by atoms with Gasteiger partial charge in [0.2, 0.25) is 11.7 Å². The van der Waals surface area contributed by atoms with Crippen molar-refractivity contribution in [1.82, 2.24) is 9.97 Å². The Bertz CT molecular complexity index is 637. The number of rotatable bonds is 6. The van der Waals surface area contributed by atoms with Crippen molar-refractivity contribution in [2.45, 2.75) is 27.2 Å². The molecule has 0 saturated carbocycles. The minimum Gasteiger partial charge on any atom is -0.493 e. The fourth-order valence-electron chi connectivity index (χ4n) is 2.11. The second kappa shape index (κ2) is 9.44. The topological polar surface area (TPSA) is 106 Å². The van der Waals surface area contributed by atoms with Crippen molar-refractivity contribution in [3.63, 3.8) is 0 Å². The predicted octanol–water partition coefficient (Wildman–Crippen LogP) is 2.67. The second-order valence-electron chi connectivity index (χ2n) is 4.58. The summed E-state index contributed by atoms with van der Waals surface area (Å²) < 4.78 is 16.3. The molecular formula is C17H26N4O3. The van der Waals surface area contributed by atoms with E-state index in [-0.39, 0.29) is 5.95 Å².